The highest BCUT2D eigenvalue weighted by atomic mass is 32.2. The lowest BCUT2D eigenvalue weighted by molar-refractivity contribution is -0.176. The molecular weight excluding hydrogens is 497 g/mol. The Morgan fingerprint density at radius 3 is 2.66 bits per heavy atom. The van der Waals surface area contributed by atoms with Crippen molar-refractivity contribution in [1.82, 2.24) is 24.8 Å². The number of esters is 1. The number of aliphatic hydroxyl groups is 2. The lowest BCUT2D eigenvalue weighted by Gasteiger charge is -2.20. The highest BCUT2D eigenvalue weighted by molar-refractivity contribution is 7.99. The van der Waals surface area contributed by atoms with Crippen molar-refractivity contribution in [1.29, 1.82) is 0 Å². The standard InChI is InChI=1S/C19H25F3N6O6S/c1-8(2)33-17(31)9(27-18(32)19(20,21)22)3-4-35-5-10-12(29)13(30)16(34-10)28-7-26-11-14(23)24-6-25-15(11)28/h6-10,12-13,16,29-30H,3-5H2,1-2H3,(H,27,32)(H2,23,24,25)/t9-,10+,12+,13+,16+/m0/s1. The van der Waals surface area contributed by atoms with Crippen LogP contribution in [0.3, 0.4) is 0 Å². The van der Waals surface area contributed by atoms with Crippen molar-refractivity contribution in [3.8, 4) is 0 Å². The number of hydrogen-bond donors (Lipinski definition) is 4. The number of ether oxygens (including phenoxy) is 2. The molecule has 0 aromatic carbocycles. The highest BCUT2D eigenvalue weighted by Crippen LogP contribution is 2.33. The second-order valence-corrected chi connectivity index (χ2v) is 9.15. The molecule has 3 rings (SSSR count). The van der Waals surface area contributed by atoms with Gasteiger partial charge in [-0.25, -0.2) is 19.7 Å². The number of aliphatic hydroxyl groups excluding tert-OH is 2. The number of imidazole rings is 1. The third-order valence-corrected chi connectivity index (χ3v) is 6.12. The van der Waals surface area contributed by atoms with Gasteiger partial charge >= 0.3 is 18.1 Å². The average Bonchev–Trinajstić information content (AvgIpc) is 3.31. The van der Waals surface area contributed by atoms with Gasteiger partial charge in [0.25, 0.3) is 0 Å². The van der Waals surface area contributed by atoms with E-state index in [1.165, 1.54) is 31.1 Å². The van der Waals surface area contributed by atoms with Crippen LogP contribution in [0, 0.1) is 0 Å². The van der Waals surface area contributed by atoms with Crippen LogP contribution in [0.15, 0.2) is 12.7 Å². The number of nitrogens with zero attached hydrogens (tertiary/aromatic N) is 4. The third kappa shape index (κ3) is 6.31. The molecular formula is C19H25F3N6O6S. The number of rotatable bonds is 9. The zero-order chi connectivity index (χ0) is 25.9. The Morgan fingerprint density at radius 1 is 1.29 bits per heavy atom. The van der Waals surface area contributed by atoms with Crippen molar-refractivity contribution in [3.63, 3.8) is 0 Å². The Kier molecular flexibility index (Phi) is 8.40. The molecule has 0 spiro atoms. The van der Waals surface area contributed by atoms with Crippen LogP contribution in [0.1, 0.15) is 26.5 Å². The maximum absolute atomic E-state index is 12.6. The van der Waals surface area contributed by atoms with E-state index < -0.39 is 54.7 Å². The van der Waals surface area contributed by atoms with E-state index in [-0.39, 0.29) is 23.7 Å². The molecule has 2 aromatic heterocycles. The van der Waals surface area contributed by atoms with Gasteiger partial charge < -0.3 is 30.7 Å². The summed E-state index contributed by atoms with van der Waals surface area (Å²) in [5.41, 5.74) is 6.36. The summed E-state index contributed by atoms with van der Waals surface area (Å²) in [6.07, 6.45) is -7.79. The summed E-state index contributed by atoms with van der Waals surface area (Å²) in [6, 6.07) is -1.51. The van der Waals surface area contributed by atoms with E-state index in [9.17, 15) is 33.0 Å². The Hall–Kier alpha value is -2.69. The summed E-state index contributed by atoms with van der Waals surface area (Å²) in [4.78, 5) is 35.4. The molecule has 0 bridgehead atoms. The first-order chi connectivity index (χ1) is 16.4. The first-order valence-electron chi connectivity index (χ1n) is 10.5. The van der Waals surface area contributed by atoms with Crippen molar-refractivity contribution in [3.05, 3.63) is 12.7 Å². The SMILES string of the molecule is CC(C)OC(=O)[C@H](CCSC[C@H]1O[C@@H](n2cnc3c(N)ncnc32)[C@H](O)[C@@H]1O)NC(=O)C(F)(F)F. The van der Waals surface area contributed by atoms with Crippen LogP contribution < -0.4 is 11.1 Å². The van der Waals surface area contributed by atoms with Gasteiger partial charge in [0.05, 0.1) is 18.5 Å². The molecule has 194 valence electrons. The Labute approximate surface area is 201 Å². The number of halogens is 3. The predicted octanol–water partition coefficient (Wildman–Crippen LogP) is 0.150. The van der Waals surface area contributed by atoms with Crippen LogP contribution in [0.4, 0.5) is 19.0 Å². The number of amides is 1. The van der Waals surface area contributed by atoms with E-state index >= 15 is 0 Å². The van der Waals surface area contributed by atoms with Gasteiger partial charge in [-0.05, 0) is 26.0 Å². The van der Waals surface area contributed by atoms with Gasteiger partial charge in [0.2, 0.25) is 0 Å². The van der Waals surface area contributed by atoms with Crippen molar-refractivity contribution in [2.45, 2.75) is 63.1 Å². The van der Waals surface area contributed by atoms with Crippen LogP contribution in [-0.2, 0) is 19.1 Å². The molecule has 0 saturated carbocycles. The zero-order valence-corrected chi connectivity index (χ0v) is 19.5. The van der Waals surface area contributed by atoms with Gasteiger partial charge in [0.1, 0.15) is 30.1 Å². The summed E-state index contributed by atoms with van der Waals surface area (Å²) in [6.45, 7) is 3.05. The fourth-order valence-electron chi connectivity index (χ4n) is 3.36. The third-order valence-electron chi connectivity index (χ3n) is 5.03. The van der Waals surface area contributed by atoms with E-state index in [2.05, 4.69) is 15.0 Å². The summed E-state index contributed by atoms with van der Waals surface area (Å²) in [7, 11) is 0. The van der Waals surface area contributed by atoms with Crippen molar-refractivity contribution in [2.24, 2.45) is 0 Å². The van der Waals surface area contributed by atoms with Gasteiger partial charge in [-0.15, -0.1) is 0 Å². The largest absolute Gasteiger partial charge is 0.471 e. The molecule has 1 aliphatic rings. The smallest absolute Gasteiger partial charge is 0.461 e. The molecule has 0 radical (unpaired) electrons. The van der Waals surface area contributed by atoms with Gasteiger partial charge in [-0.3, -0.25) is 9.36 Å². The van der Waals surface area contributed by atoms with Crippen LogP contribution in [0.25, 0.3) is 11.2 Å². The molecule has 1 saturated heterocycles. The van der Waals surface area contributed by atoms with E-state index in [1.807, 2.05) is 0 Å². The van der Waals surface area contributed by atoms with Gasteiger partial charge in [-0.1, -0.05) is 0 Å². The minimum absolute atomic E-state index is 0.126. The van der Waals surface area contributed by atoms with Crippen molar-refractivity contribution < 1.29 is 42.4 Å². The molecule has 5 N–H and O–H groups in total. The molecule has 12 nitrogen and oxygen atoms in total. The van der Waals surface area contributed by atoms with Crippen molar-refractivity contribution in [2.75, 3.05) is 17.2 Å². The minimum atomic E-state index is -5.15. The molecule has 1 fully saturated rings. The maximum Gasteiger partial charge on any atom is 0.471 e. The number of nitrogen functional groups attached to an aromatic ring is 1. The van der Waals surface area contributed by atoms with Gasteiger partial charge in [0, 0.05) is 5.75 Å². The summed E-state index contributed by atoms with van der Waals surface area (Å²) < 4.78 is 50.0. The highest BCUT2D eigenvalue weighted by Gasteiger charge is 2.44. The second-order valence-electron chi connectivity index (χ2n) is 8.00. The number of alkyl halides is 3. The van der Waals surface area contributed by atoms with Crippen LogP contribution in [0.2, 0.25) is 0 Å². The van der Waals surface area contributed by atoms with E-state index in [1.54, 1.807) is 5.32 Å². The van der Waals surface area contributed by atoms with Gasteiger partial charge in [0.15, 0.2) is 17.7 Å². The lowest BCUT2D eigenvalue weighted by Crippen LogP contribution is -2.48. The summed E-state index contributed by atoms with van der Waals surface area (Å²) >= 11 is 1.15. The van der Waals surface area contributed by atoms with Crippen LogP contribution >= 0.6 is 11.8 Å². The number of anilines is 1. The van der Waals surface area contributed by atoms with E-state index in [4.69, 9.17) is 15.2 Å². The summed E-state index contributed by atoms with van der Waals surface area (Å²) in [5, 5.41) is 22.6. The van der Waals surface area contributed by atoms with Crippen LogP contribution in [0.5, 0.6) is 0 Å². The molecule has 1 amide bonds. The second kappa shape index (κ2) is 10.9. The maximum atomic E-state index is 12.6. The normalized spacial score (nSPS) is 23.5. The number of carbonyl (C=O) groups excluding carboxylic acids is 2. The molecule has 35 heavy (non-hydrogen) atoms. The number of carbonyl (C=O) groups is 2. The fourth-order valence-corrected chi connectivity index (χ4v) is 4.43. The number of nitrogens with two attached hydrogens (primary N) is 1. The summed E-state index contributed by atoms with van der Waals surface area (Å²) in [5.74, 6) is -2.83. The fraction of sp³-hybridized carbons (Fsp3) is 0.632. The monoisotopic (exact) mass is 522 g/mol. The quantitative estimate of drug-likeness (QED) is 0.261. The lowest BCUT2D eigenvalue weighted by atomic mass is 10.1. The van der Waals surface area contributed by atoms with Crippen molar-refractivity contribution >= 4 is 40.6 Å². The molecule has 0 unspecified atom stereocenters. The number of hydrogen-bond acceptors (Lipinski definition) is 11. The minimum Gasteiger partial charge on any atom is -0.461 e. The average molecular weight is 523 g/mol. The Bertz CT molecular complexity index is 1050. The Balaban J connectivity index is 1.58. The number of fused-ring (bicyclic) bond motifs is 1. The molecule has 3 heterocycles. The first-order valence-corrected chi connectivity index (χ1v) is 11.7. The van der Waals surface area contributed by atoms with E-state index in [0.29, 0.717) is 11.2 Å². The molecule has 5 atom stereocenters. The molecule has 0 aliphatic carbocycles. The predicted molar refractivity (Wildman–Crippen MR) is 117 cm³/mol. The van der Waals surface area contributed by atoms with E-state index in [0.717, 1.165) is 11.8 Å². The topological polar surface area (TPSA) is 175 Å². The van der Waals surface area contributed by atoms with Gasteiger partial charge in [-0.2, -0.15) is 24.9 Å². The number of aromatic nitrogens is 4. The number of nitrogens with one attached hydrogen (secondary N) is 1. The molecule has 1 aliphatic heterocycles. The first kappa shape index (κ1) is 26.9. The molecule has 2 aromatic rings. The Morgan fingerprint density at radius 2 is 2.00 bits per heavy atom. The zero-order valence-electron chi connectivity index (χ0n) is 18.7. The number of thioether (sulfide) groups is 1. The molecule has 16 heteroatoms. The van der Waals surface area contributed by atoms with Crippen LogP contribution in [-0.4, -0.2) is 89.7 Å².